The fourth-order valence-corrected chi connectivity index (χ4v) is 5.12. The number of amides is 1. The Labute approximate surface area is 174 Å². The van der Waals surface area contributed by atoms with Crippen LogP contribution in [0.25, 0.3) is 0 Å². The summed E-state index contributed by atoms with van der Waals surface area (Å²) in [7, 11) is 0. The van der Waals surface area contributed by atoms with Gasteiger partial charge in [-0.1, -0.05) is 19.3 Å². The molecule has 25 heavy (non-hydrogen) atoms. The first-order chi connectivity index (χ1) is 11.3. The van der Waals surface area contributed by atoms with E-state index in [1.54, 1.807) is 0 Å². The molecule has 1 aliphatic heterocycles. The Morgan fingerprint density at radius 3 is 2.52 bits per heavy atom. The molecule has 0 aromatic rings. The monoisotopic (exact) mass is 482 g/mol. The Morgan fingerprint density at radius 1 is 1.24 bits per heavy atom. The molecule has 1 heterocycles. The number of halogens is 1. The third-order valence-corrected chi connectivity index (χ3v) is 6.07. The summed E-state index contributed by atoms with van der Waals surface area (Å²) in [5.41, 5.74) is -0.209. The fraction of sp³-hybridized carbons (Fsp3) is 0.889. The van der Waals surface area contributed by atoms with Crippen molar-refractivity contribution in [1.82, 2.24) is 15.5 Å². The predicted octanol–water partition coefficient (Wildman–Crippen LogP) is 3.24. The molecule has 2 rings (SSSR count). The maximum atomic E-state index is 12.1. The number of hydrogen-bond donors (Lipinski definition) is 2. The zero-order chi connectivity index (χ0) is 17.6. The number of carbonyl (C=O) groups excluding carboxylic acids is 1. The molecule has 1 saturated heterocycles. The van der Waals surface area contributed by atoms with Gasteiger partial charge >= 0.3 is 0 Å². The topological polar surface area (TPSA) is 56.7 Å². The lowest BCUT2D eigenvalue weighted by molar-refractivity contribution is -0.121. The van der Waals surface area contributed by atoms with Crippen LogP contribution in [0.3, 0.4) is 0 Å². The summed E-state index contributed by atoms with van der Waals surface area (Å²) in [6, 6.07) is 0. The molecule has 0 atom stereocenters. The minimum Gasteiger partial charge on any atom is -0.357 e. The van der Waals surface area contributed by atoms with Crippen molar-refractivity contribution in [3.05, 3.63) is 0 Å². The van der Waals surface area contributed by atoms with Crippen molar-refractivity contribution in [3.63, 3.8) is 0 Å². The summed E-state index contributed by atoms with van der Waals surface area (Å²) in [5.74, 6) is 2.03. The summed E-state index contributed by atoms with van der Waals surface area (Å²) >= 11 is 2.15. The molecule has 5 nitrogen and oxygen atoms in total. The molecule has 1 amide bonds. The van der Waals surface area contributed by atoms with Gasteiger partial charge in [-0.3, -0.25) is 4.79 Å². The molecule has 1 saturated carbocycles. The second-order valence-electron chi connectivity index (χ2n) is 7.98. The lowest BCUT2D eigenvalue weighted by atomic mass is 9.87. The van der Waals surface area contributed by atoms with Crippen LogP contribution in [0.5, 0.6) is 0 Å². The number of aliphatic imine (C=N–C) groups is 1. The minimum absolute atomic E-state index is 0. The molecular weight excluding hydrogens is 447 g/mol. The van der Waals surface area contributed by atoms with Gasteiger partial charge in [-0.15, -0.1) is 24.0 Å². The second-order valence-corrected chi connectivity index (χ2v) is 9.54. The van der Waals surface area contributed by atoms with Crippen LogP contribution in [0.15, 0.2) is 4.99 Å². The first-order valence-electron chi connectivity index (χ1n) is 9.32. The van der Waals surface area contributed by atoms with E-state index in [0.29, 0.717) is 4.75 Å². The number of hydrogen-bond acceptors (Lipinski definition) is 3. The predicted molar refractivity (Wildman–Crippen MR) is 119 cm³/mol. The van der Waals surface area contributed by atoms with Crippen molar-refractivity contribution in [1.29, 1.82) is 0 Å². The van der Waals surface area contributed by atoms with Crippen LogP contribution in [-0.2, 0) is 4.79 Å². The maximum Gasteiger partial charge on any atom is 0.242 e. The van der Waals surface area contributed by atoms with Crippen LogP contribution < -0.4 is 10.6 Å². The van der Waals surface area contributed by atoms with E-state index in [-0.39, 0.29) is 42.0 Å². The minimum atomic E-state index is -0.209. The van der Waals surface area contributed by atoms with E-state index in [1.807, 2.05) is 20.8 Å². The zero-order valence-electron chi connectivity index (χ0n) is 16.2. The van der Waals surface area contributed by atoms with Gasteiger partial charge in [0.25, 0.3) is 0 Å². The molecule has 7 heteroatoms. The number of thioether (sulfide) groups is 1. The van der Waals surface area contributed by atoms with Gasteiger partial charge in [-0.2, -0.15) is 11.8 Å². The molecule has 2 aliphatic rings. The summed E-state index contributed by atoms with van der Waals surface area (Å²) in [5, 5.41) is 6.36. The van der Waals surface area contributed by atoms with Crippen LogP contribution in [0.2, 0.25) is 0 Å². The Bertz CT molecular complexity index is 453. The molecule has 2 fully saturated rings. The lowest BCUT2D eigenvalue weighted by Gasteiger charge is -2.45. The lowest BCUT2D eigenvalue weighted by Crippen LogP contribution is -2.53. The average molecular weight is 482 g/mol. The summed E-state index contributed by atoms with van der Waals surface area (Å²) < 4.78 is 0.403. The zero-order valence-corrected chi connectivity index (χ0v) is 19.3. The first kappa shape index (κ1) is 22.9. The molecule has 1 aliphatic carbocycles. The fourth-order valence-electron chi connectivity index (χ4n) is 3.55. The normalized spacial score (nSPS) is 20.8. The summed E-state index contributed by atoms with van der Waals surface area (Å²) in [6.45, 7) is 11.2. The Hall–Kier alpha value is -0.180. The van der Waals surface area contributed by atoms with E-state index in [9.17, 15) is 4.79 Å². The van der Waals surface area contributed by atoms with Gasteiger partial charge < -0.3 is 15.5 Å². The van der Waals surface area contributed by atoms with E-state index in [4.69, 9.17) is 0 Å². The molecule has 0 radical (unpaired) electrons. The molecule has 1 spiro atoms. The SMILES string of the molecule is CCNC(=NCC(=O)NC(C)(C)C)N1CCSC2(CCCCC2)C1.I. The van der Waals surface area contributed by atoms with Crippen molar-refractivity contribution in [3.8, 4) is 0 Å². The van der Waals surface area contributed by atoms with Crippen molar-refractivity contribution >= 4 is 47.6 Å². The average Bonchev–Trinajstić information content (AvgIpc) is 2.50. The van der Waals surface area contributed by atoms with Crippen molar-refractivity contribution < 1.29 is 4.79 Å². The number of guanidine groups is 1. The molecule has 0 unspecified atom stereocenters. The summed E-state index contributed by atoms with van der Waals surface area (Å²) in [4.78, 5) is 19.1. The van der Waals surface area contributed by atoms with Crippen molar-refractivity contribution in [2.45, 2.75) is 70.1 Å². The highest BCUT2D eigenvalue weighted by molar-refractivity contribution is 14.0. The molecule has 146 valence electrons. The second kappa shape index (κ2) is 10.2. The van der Waals surface area contributed by atoms with E-state index >= 15 is 0 Å². The van der Waals surface area contributed by atoms with E-state index < -0.39 is 0 Å². The first-order valence-corrected chi connectivity index (χ1v) is 10.3. The third kappa shape index (κ3) is 7.53. The van der Waals surface area contributed by atoms with Gasteiger partial charge in [0.15, 0.2) is 5.96 Å². The Morgan fingerprint density at radius 2 is 1.92 bits per heavy atom. The van der Waals surface area contributed by atoms with Crippen molar-refractivity contribution in [2.24, 2.45) is 4.99 Å². The van der Waals surface area contributed by atoms with Crippen LogP contribution in [-0.4, -0.2) is 59.0 Å². The maximum absolute atomic E-state index is 12.1. The quantitative estimate of drug-likeness (QED) is 0.369. The molecule has 0 aromatic heterocycles. The van der Waals surface area contributed by atoms with Crippen molar-refractivity contribution in [2.75, 3.05) is 31.9 Å². The van der Waals surface area contributed by atoms with Gasteiger partial charge in [-0.25, -0.2) is 4.99 Å². The highest BCUT2D eigenvalue weighted by atomic mass is 127. The highest BCUT2D eigenvalue weighted by Crippen LogP contribution is 2.42. The number of carbonyl (C=O) groups is 1. The number of nitrogens with one attached hydrogen (secondary N) is 2. The van der Waals surface area contributed by atoms with Gasteiger partial charge in [-0.05, 0) is 40.5 Å². The standard InChI is InChI=1S/C18H34N4OS.HI/c1-5-19-16(20-13-15(23)21-17(2,3)4)22-11-12-24-18(14-22)9-7-6-8-10-18;/h5-14H2,1-4H3,(H,19,20)(H,21,23);1H. The van der Waals surface area contributed by atoms with Gasteiger partial charge in [0.2, 0.25) is 5.91 Å². The molecule has 0 bridgehead atoms. The number of rotatable bonds is 3. The van der Waals surface area contributed by atoms with Crippen LogP contribution in [0.1, 0.15) is 59.8 Å². The van der Waals surface area contributed by atoms with Gasteiger partial charge in [0.05, 0.1) is 0 Å². The molecular formula is C18H35IN4OS. The van der Waals surface area contributed by atoms with E-state index in [2.05, 4.69) is 39.2 Å². The smallest absolute Gasteiger partial charge is 0.242 e. The summed E-state index contributed by atoms with van der Waals surface area (Å²) in [6.07, 6.45) is 6.71. The van der Waals surface area contributed by atoms with Gasteiger partial charge in [0, 0.05) is 35.7 Å². The van der Waals surface area contributed by atoms with Crippen LogP contribution in [0.4, 0.5) is 0 Å². The largest absolute Gasteiger partial charge is 0.357 e. The third-order valence-electron chi connectivity index (χ3n) is 4.53. The van der Waals surface area contributed by atoms with E-state index in [1.165, 1.54) is 32.1 Å². The van der Waals surface area contributed by atoms with Gasteiger partial charge in [0.1, 0.15) is 6.54 Å². The Balaban J connectivity index is 0.00000312. The Kier molecular flexibility index (Phi) is 9.36. The highest BCUT2D eigenvalue weighted by Gasteiger charge is 2.38. The number of nitrogens with zero attached hydrogens (tertiary/aromatic N) is 2. The van der Waals surface area contributed by atoms with Crippen LogP contribution in [0, 0.1) is 0 Å². The van der Waals surface area contributed by atoms with E-state index in [0.717, 1.165) is 31.3 Å². The molecule has 2 N–H and O–H groups in total. The van der Waals surface area contributed by atoms with Crippen LogP contribution >= 0.6 is 35.7 Å². The molecule has 0 aromatic carbocycles.